The predicted octanol–water partition coefficient (Wildman–Crippen LogP) is 1.45. The van der Waals surface area contributed by atoms with E-state index in [4.69, 9.17) is 4.74 Å². The standard InChI is InChI=1S/C19H23N5O4/c1-11-16(12(2)23(4)22-11)20-15(25)10-24-17(26)19(3,21-18(24)27)13-6-8-14(28-5)9-7-13/h6-9H,10H2,1-5H3,(H,20,25)(H,21,27)/t19-/m1/s1. The van der Waals surface area contributed by atoms with Gasteiger partial charge in [-0.3, -0.25) is 19.2 Å². The topological polar surface area (TPSA) is 106 Å². The van der Waals surface area contributed by atoms with Gasteiger partial charge in [0.2, 0.25) is 5.91 Å². The highest BCUT2D eigenvalue weighted by molar-refractivity contribution is 6.10. The van der Waals surface area contributed by atoms with Crippen molar-refractivity contribution >= 4 is 23.5 Å². The number of carbonyl (C=O) groups is 3. The molecule has 9 heteroatoms. The number of amides is 4. The van der Waals surface area contributed by atoms with Crippen LogP contribution in [0.4, 0.5) is 10.5 Å². The van der Waals surface area contributed by atoms with E-state index in [0.717, 1.165) is 10.6 Å². The van der Waals surface area contributed by atoms with Crippen LogP contribution in [0, 0.1) is 13.8 Å². The summed E-state index contributed by atoms with van der Waals surface area (Å²) in [5.41, 5.74) is 1.38. The second-order valence-corrected chi connectivity index (χ2v) is 6.89. The number of nitrogens with one attached hydrogen (secondary N) is 2. The maximum atomic E-state index is 12.9. The van der Waals surface area contributed by atoms with E-state index >= 15 is 0 Å². The molecule has 1 aliphatic rings. The lowest BCUT2D eigenvalue weighted by Gasteiger charge is -2.22. The van der Waals surface area contributed by atoms with Crippen LogP contribution in [0.1, 0.15) is 23.9 Å². The van der Waals surface area contributed by atoms with Crippen molar-refractivity contribution in [2.75, 3.05) is 19.0 Å². The van der Waals surface area contributed by atoms with Crippen LogP contribution in [0.3, 0.4) is 0 Å². The number of rotatable bonds is 5. The van der Waals surface area contributed by atoms with Crippen LogP contribution in [-0.4, -0.2) is 46.2 Å². The van der Waals surface area contributed by atoms with Crippen molar-refractivity contribution in [1.29, 1.82) is 0 Å². The maximum absolute atomic E-state index is 12.9. The Morgan fingerprint density at radius 3 is 2.43 bits per heavy atom. The average Bonchev–Trinajstić information content (AvgIpc) is 3.03. The summed E-state index contributed by atoms with van der Waals surface area (Å²) in [6.45, 7) is 4.83. The van der Waals surface area contributed by atoms with Gasteiger partial charge in [0, 0.05) is 7.05 Å². The van der Waals surface area contributed by atoms with Gasteiger partial charge in [-0.1, -0.05) is 12.1 Å². The summed E-state index contributed by atoms with van der Waals surface area (Å²) in [7, 11) is 3.32. The van der Waals surface area contributed by atoms with Gasteiger partial charge >= 0.3 is 6.03 Å². The number of ether oxygens (including phenoxy) is 1. The number of nitrogens with zero attached hydrogens (tertiary/aromatic N) is 3. The van der Waals surface area contributed by atoms with E-state index < -0.39 is 23.4 Å². The molecule has 2 heterocycles. The summed E-state index contributed by atoms with van der Waals surface area (Å²) in [5, 5.41) is 9.65. The minimum atomic E-state index is -1.25. The summed E-state index contributed by atoms with van der Waals surface area (Å²) < 4.78 is 6.77. The molecule has 0 bridgehead atoms. The largest absolute Gasteiger partial charge is 0.497 e. The molecule has 0 aliphatic carbocycles. The molecule has 0 spiro atoms. The lowest BCUT2D eigenvalue weighted by atomic mass is 9.92. The molecular weight excluding hydrogens is 362 g/mol. The zero-order valence-electron chi connectivity index (χ0n) is 16.5. The molecule has 1 atom stereocenters. The third kappa shape index (κ3) is 3.19. The first-order chi connectivity index (χ1) is 13.2. The van der Waals surface area contributed by atoms with E-state index in [1.165, 1.54) is 0 Å². The molecule has 0 radical (unpaired) electrons. The molecular formula is C19H23N5O4. The first-order valence-corrected chi connectivity index (χ1v) is 8.76. The molecule has 1 aliphatic heterocycles. The molecule has 148 valence electrons. The van der Waals surface area contributed by atoms with Gasteiger partial charge in [-0.15, -0.1) is 0 Å². The molecule has 1 aromatic heterocycles. The summed E-state index contributed by atoms with van der Waals surface area (Å²) >= 11 is 0. The van der Waals surface area contributed by atoms with Gasteiger partial charge in [-0.05, 0) is 38.5 Å². The fraction of sp³-hybridized carbons (Fsp3) is 0.368. The van der Waals surface area contributed by atoms with Gasteiger partial charge in [-0.2, -0.15) is 5.10 Å². The lowest BCUT2D eigenvalue weighted by molar-refractivity contribution is -0.133. The Labute approximate surface area is 162 Å². The predicted molar refractivity (Wildman–Crippen MR) is 102 cm³/mol. The second-order valence-electron chi connectivity index (χ2n) is 6.89. The Balaban J connectivity index is 1.76. The van der Waals surface area contributed by atoms with Gasteiger partial charge in [0.05, 0.1) is 24.2 Å². The minimum Gasteiger partial charge on any atom is -0.497 e. The number of aryl methyl sites for hydroxylation is 2. The molecule has 1 fully saturated rings. The van der Waals surface area contributed by atoms with E-state index in [1.807, 2.05) is 6.92 Å². The Kier molecular flexibility index (Phi) is 4.84. The van der Waals surface area contributed by atoms with Crippen molar-refractivity contribution in [3.05, 3.63) is 41.2 Å². The molecule has 1 aromatic carbocycles. The van der Waals surface area contributed by atoms with Gasteiger partial charge in [0.25, 0.3) is 5.91 Å². The van der Waals surface area contributed by atoms with Gasteiger partial charge < -0.3 is 15.4 Å². The summed E-state index contributed by atoms with van der Waals surface area (Å²) in [5.74, 6) is -0.318. The Hall–Kier alpha value is -3.36. The van der Waals surface area contributed by atoms with E-state index in [2.05, 4.69) is 15.7 Å². The number of imide groups is 1. The van der Waals surface area contributed by atoms with E-state index in [1.54, 1.807) is 57.0 Å². The molecule has 4 amide bonds. The highest BCUT2D eigenvalue weighted by Gasteiger charge is 2.49. The number of carbonyl (C=O) groups excluding carboxylic acids is 3. The first kappa shape index (κ1) is 19.4. The fourth-order valence-corrected chi connectivity index (χ4v) is 3.24. The van der Waals surface area contributed by atoms with Crippen molar-refractivity contribution in [1.82, 2.24) is 20.0 Å². The minimum absolute atomic E-state index is 0.385. The maximum Gasteiger partial charge on any atom is 0.325 e. The number of urea groups is 1. The van der Waals surface area contributed by atoms with Crippen LogP contribution in [0.5, 0.6) is 5.75 Å². The molecule has 1 saturated heterocycles. The monoisotopic (exact) mass is 385 g/mol. The third-order valence-electron chi connectivity index (χ3n) is 5.02. The number of benzene rings is 1. The van der Waals surface area contributed by atoms with Crippen LogP contribution in [0.15, 0.2) is 24.3 Å². The van der Waals surface area contributed by atoms with Crippen molar-refractivity contribution in [3.63, 3.8) is 0 Å². The van der Waals surface area contributed by atoms with Crippen molar-refractivity contribution in [2.45, 2.75) is 26.3 Å². The SMILES string of the molecule is COc1ccc([C@@]2(C)NC(=O)N(CC(=O)Nc3c(C)nn(C)c3C)C2=O)cc1. The zero-order valence-corrected chi connectivity index (χ0v) is 16.5. The number of methoxy groups -OCH3 is 1. The van der Waals surface area contributed by atoms with E-state index in [0.29, 0.717) is 22.7 Å². The second kappa shape index (κ2) is 6.99. The Morgan fingerprint density at radius 2 is 1.89 bits per heavy atom. The third-order valence-corrected chi connectivity index (χ3v) is 5.02. The fourth-order valence-electron chi connectivity index (χ4n) is 3.24. The smallest absolute Gasteiger partial charge is 0.325 e. The molecule has 28 heavy (non-hydrogen) atoms. The Morgan fingerprint density at radius 1 is 1.25 bits per heavy atom. The number of hydrogen-bond donors (Lipinski definition) is 2. The van der Waals surface area contributed by atoms with Crippen LogP contribution in [0.25, 0.3) is 0 Å². The summed E-state index contributed by atoms with van der Waals surface area (Å²) in [4.78, 5) is 38.7. The van der Waals surface area contributed by atoms with Crippen LogP contribution in [0.2, 0.25) is 0 Å². The number of anilines is 1. The van der Waals surface area contributed by atoms with Crippen LogP contribution in [-0.2, 0) is 22.2 Å². The highest BCUT2D eigenvalue weighted by Crippen LogP contribution is 2.30. The van der Waals surface area contributed by atoms with Gasteiger partial charge in [-0.25, -0.2) is 4.79 Å². The van der Waals surface area contributed by atoms with E-state index in [-0.39, 0.29) is 6.54 Å². The van der Waals surface area contributed by atoms with Gasteiger partial charge in [0.1, 0.15) is 17.8 Å². The lowest BCUT2D eigenvalue weighted by Crippen LogP contribution is -2.42. The molecule has 2 N–H and O–H groups in total. The summed E-state index contributed by atoms with van der Waals surface area (Å²) in [6.07, 6.45) is 0. The molecule has 0 unspecified atom stereocenters. The molecule has 2 aromatic rings. The number of hydrogen-bond acceptors (Lipinski definition) is 5. The van der Waals surface area contributed by atoms with Crippen molar-refractivity contribution < 1.29 is 19.1 Å². The van der Waals surface area contributed by atoms with Crippen LogP contribution >= 0.6 is 0 Å². The molecule has 0 saturated carbocycles. The normalized spacial score (nSPS) is 19.0. The molecule has 3 rings (SSSR count). The van der Waals surface area contributed by atoms with Crippen molar-refractivity contribution in [3.8, 4) is 5.75 Å². The van der Waals surface area contributed by atoms with E-state index in [9.17, 15) is 14.4 Å². The van der Waals surface area contributed by atoms with Crippen molar-refractivity contribution in [2.24, 2.45) is 7.05 Å². The average molecular weight is 385 g/mol. The number of aromatic nitrogens is 2. The summed E-state index contributed by atoms with van der Waals surface area (Å²) in [6, 6.07) is 6.23. The van der Waals surface area contributed by atoms with Crippen LogP contribution < -0.4 is 15.4 Å². The van der Waals surface area contributed by atoms with Gasteiger partial charge in [0.15, 0.2) is 0 Å². The quantitative estimate of drug-likeness (QED) is 0.758. The molecule has 9 nitrogen and oxygen atoms in total. The zero-order chi connectivity index (χ0) is 20.6. The highest BCUT2D eigenvalue weighted by atomic mass is 16.5. The Bertz CT molecular complexity index is 950. The first-order valence-electron chi connectivity index (χ1n) is 8.76.